The molecule has 1 unspecified atom stereocenters. The molecule has 1 heterocycles. The molecule has 1 atom stereocenters. The van der Waals surface area contributed by atoms with Gasteiger partial charge in [-0.2, -0.15) is 0 Å². The van der Waals surface area contributed by atoms with Crippen molar-refractivity contribution in [3.05, 3.63) is 23.8 Å². The number of ether oxygens (including phenoxy) is 1. The van der Waals surface area contributed by atoms with E-state index in [0.29, 0.717) is 18.9 Å². The number of carboxylic acids is 1. The normalized spacial score (nSPS) is 17.9. The van der Waals surface area contributed by atoms with Gasteiger partial charge in [-0.1, -0.05) is 0 Å². The summed E-state index contributed by atoms with van der Waals surface area (Å²) in [4.78, 5) is 12.5. The van der Waals surface area contributed by atoms with Gasteiger partial charge in [0.15, 0.2) is 0 Å². The lowest BCUT2D eigenvalue weighted by molar-refractivity contribution is -0.137. The second-order valence-electron chi connectivity index (χ2n) is 4.17. The number of carboxylic acid groups (broad SMARTS) is 1. The maximum Gasteiger partial charge on any atom is 0.304 e. The van der Waals surface area contributed by atoms with Crippen LogP contribution in [0.4, 0.5) is 0 Å². The number of hydrogen-bond acceptors (Lipinski definition) is 4. The summed E-state index contributed by atoms with van der Waals surface area (Å²) in [6, 6.07) is 5.08. The number of phenolic OH excluding ortho intramolecular Hbond substituents is 1. The smallest absolute Gasteiger partial charge is 0.304 e. The molecule has 0 fully saturated rings. The van der Waals surface area contributed by atoms with E-state index in [1.54, 1.807) is 12.1 Å². The number of hydrogen-bond donors (Lipinski definition) is 2. The Kier molecular flexibility index (Phi) is 3.19. The maximum absolute atomic E-state index is 10.5. The van der Waals surface area contributed by atoms with Crippen molar-refractivity contribution in [1.82, 2.24) is 4.90 Å². The Labute approximate surface area is 99.2 Å². The molecule has 0 radical (unpaired) electrons. The van der Waals surface area contributed by atoms with Gasteiger partial charge in [-0.15, -0.1) is 0 Å². The number of phenols is 1. The van der Waals surface area contributed by atoms with Crippen molar-refractivity contribution in [3.63, 3.8) is 0 Å². The molecule has 0 aromatic heterocycles. The van der Waals surface area contributed by atoms with Gasteiger partial charge in [-0.05, 0) is 19.2 Å². The lowest BCUT2D eigenvalue weighted by Gasteiger charge is -2.22. The summed E-state index contributed by atoms with van der Waals surface area (Å²) in [5, 5.41) is 18.0. The molecule has 0 saturated heterocycles. The molecule has 1 aliphatic rings. The maximum atomic E-state index is 10.5. The summed E-state index contributed by atoms with van der Waals surface area (Å²) in [7, 11) is 1.87. The molecule has 0 spiro atoms. The van der Waals surface area contributed by atoms with Crippen LogP contribution >= 0.6 is 0 Å². The summed E-state index contributed by atoms with van der Waals surface area (Å²) in [6.45, 7) is 0.971. The molecule has 92 valence electrons. The molecule has 0 saturated carbocycles. The molecule has 1 aromatic carbocycles. The Morgan fingerprint density at radius 3 is 3.06 bits per heavy atom. The third-order valence-electron chi connectivity index (χ3n) is 2.96. The van der Waals surface area contributed by atoms with Crippen molar-refractivity contribution in [2.75, 3.05) is 20.2 Å². The Hall–Kier alpha value is -1.75. The minimum Gasteiger partial charge on any atom is -0.508 e. The molecule has 5 heteroatoms. The van der Waals surface area contributed by atoms with E-state index in [-0.39, 0.29) is 18.2 Å². The average molecular weight is 237 g/mol. The monoisotopic (exact) mass is 237 g/mol. The highest BCUT2D eigenvalue weighted by molar-refractivity contribution is 5.66. The Bertz CT molecular complexity index is 433. The van der Waals surface area contributed by atoms with Gasteiger partial charge in [-0.3, -0.25) is 9.69 Å². The van der Waals surface area contributed by atoms with Gasteiger partial charge in [0.1, 0.15) is 18.1 Å². The molecular weight excluding hydrogens is 222 g/mol. The predicted molar refractivity (Wildman–Crippen MR) is 61.2 cm³/mol. The van der Waals surface area contributed by atoms with Gasteiger partial charge in [0.2, 0.25) is 0 Å². The van der Waals surface area contributed by atoms with Gasteiger partial charge < -0.3 is 14.9 Å². The summed E-state index contributed by atoms with van der Waals surface area (Å²) in [5.41, 5.74) is 0.996. The van der Waals surface area contributed by atoms with Crippen molar-refractivity contribution in [1.29, 1.82) is 0 Å². The lowest BCUT2D eigenvalue weighted by Crippen LogP contribution is -2.28. The number of aliphatic carboxylic acids is 1. The van der Waals surface area contributed by atoms with Crippen molar-refractivity contribution >= 4 is 5.97 Å². The topological polar surface area (TPSA) is 70.0 Å². The molecule has 2 rings (SSSR count). The molecule has 1 aliphatic heterocycles. The van der Waals surface area contributed by atoms with Crippen LogP contribution < -0.4 is 4.74 Å². The minimum absolute atomic E-state index is 0.0601. The van der Waals surface area contributed by atoms with Crippen LogP contribution in [0.1, 0.15) is 18.0 Å². The third-order valence-corrected chi connectivity index (χ3v) is 2.96. The zero-order valence-corrected chi connectivity index (χ0v) is 9.59. The summed E-state index contributed by atoms with van der Waals surface area (Å²) >= 11 is 0. The Morgan fingerprint density at radius 2 is 2.35 bits per heavy atom. The molecule has 0 amide bonds. The third kappa shape index (κ3) is 2.50. The van der Waals surface area contributed by atoms with Crippen LogP contribution in [0.2, 0.25) is 0 Å². The second-order valence-corrected chi connectivity index (χ2v) is 4.17. The number of carbonyl (C=O) groups is 1. The first kappa shape index (κ1) is 11.7. The predicted octanol–water partition coefficient (Wildman–Crippen LogP) is 1.23. The van der Waals surface area contributed by atoms with Gasteiger partial charge in [-0.25, -0.2) is 0 Å². The van der Waals surface area contributed by atoms with Crippen molar-refractivity contribution < 1.29 is 19.7 Å². The average Bonchev–Trinajstić information content (AvgIpc) is 2.68. The first-order valence-corrected chi connectivity index (χ1v) is 5.45. The Balaban J connectivity index is 2.08. The van der Waals surface area contributed by atoms with E-state index in [9.17, 15) is 9.90 Å². The number of rotatable bonds is 4. The molecule has 1 aromatic rings. The standard InChI is InChI=1S/C12H15NO4/c1-13(5-4-12(15)16)10-7-17-11-6-8(14)2-3-9(10)11/h2-3,6,10,14H,4-5,7H2,1H3,(H,15,16). The van der Waals surface area contributed by atoms with Crippen molar-refractivity contribution in [2.24, 2.45) is 0 Å². The van der Waals surface area contributed by atoms with E-state index in [1.807, 2.05) is 18.0 Å². The van der Waals surface area contributed by atoms with Gasteiger partial charge in [0.05, 0.1) is 12.5 Å². The van der Waals surface area contributed by atoms with Gasteiger partial charge in [0, 0.05) is 18.2 Å². The van der Waals surface area contributed by atoms with Crippen LogP contribution in [-0.4, -0.2) is 41.3 Å². The van der Waals surface area contributed by atoms with Crippen LogP contribution in [0.25, 0.3) is 0 Å². The summed E-state index contributed by atoms with van der Waals surface area (Å²) < 4.78 is 5.47. The summed E-state index contributed by atoms with van der Waals surface area (Å²) in [6.07, 6.45) is 0.112. The van der Waals surface area contributed by atoms with Crippen molar-refractivity contribution in [2.45, 2.75) is 12.5 Å². The lowest BCUT2D eigenvalue weighted by atomic mass is 10.1. The van der Waals surface area contributed by atoms with Crippen LogP contribution in [0.3, 0.4) is 0 Å². The van der Waals surface area contributed by atoms with E-state index >= 15 is 0 Å². The number of aromatic hydroxyl groups is 1. The number of benzene rings is 1. The molecule has 0 bridgehead atoms. The van der Waals surface area contributed by atoms with Crippen LogP contribution in [-0.2, 0) is 4.79 Å². The SMILES string of the molecule is CN(CCC(=O)O)C1COc2cc(O)ccc21. The number of fused-ring (bicyclic) bond motifs is 1. The second kappa shape index (κ2) is 4.63. The molecule has 0 aliphatic carbocycles. The van der Waals surface area contributed by atoms with Gasteiger partial charge in [0.25, 0.3) is 0 Å². The van der Waals surface area contributed by atoms with Crippen LogP contribution in [0.5, 0.6) is 11.5 Å². The fourth-order valence-corrected chi connectivity index (χ4v) is 1.97. The molecule has 17 heavy (non-hydrogen) atoms. The highest BCUT2D eigenvalue weighted by Gasteiger charge is 2.27. The highest BCUT2D eigenvalue weighted by Crippen LogP contribution is 2.37. The minimum atomic E-state index is -0.804. The highest BCUT2D eigenvalue weighted by atomic mass is 16.5. The zero-order valence-electron chi connectivity index (χ0n) is 9.59. The quantitative estimate of drug-likeness (QED) is 0.824. The van der Waals surface area contributed by atoms with Crippen LogP contribution in [0, 0.1) is 0 Å². The van der Waals surface area contributed by atoms with E-state index in [0.717, 1.165) is 5.56 Å². The molecular formula is C12H15NO4. The first-order valence-electron chi connectivity index (χ1n) is 5.45. The number of likely N-dealkylation sites (N-methyl/N-ethyl adjacent to an activating group) is 1. The van der Waals surface area contributed by atoms with E-state index in [2.05, 4.69) is 0 Å². The molecule has 5 nitrogen and oxygen atoms in total. The largest absolute Gasteiger partial charge is 0.508 e. The first-order chi connectivity index (χ1) is 8.08. The van der Waals surface area contributed by atoms with E-state index < -0.39 is 5.97 Å². The Morgan fingerprint density at radius 1 is 1.59 bits per heavy atom. The fourth-order valence-electron chi connectivity index (χ4n) is 1.97. The van der Waals surface area contributed by atoms with Gasteiger partial charge >= 0.3 is 5.97 Å². The zero-order chi connectivity index (χ0) is 12.4. The molecule has 2 N–H and O–H groups in total. The van der Waals surface area contributed by atoms with Crippen LogP contribution in [0.15, 0.2) is 18.2 Å². The summed E-state index contributed by atoms with van der Waals surface area (Å²) in [5.74, 6) is 0.0523. The fraction of sp³-hybridized carbons (Fsp3) is 0.417. The van der Waals surface area contributed by atoms with E-state index in [4.69, 9.17) is 9.84 Å². The van der Waals surface area contributed by atoms with E-state index in [1.165, 1.54) is 0 Å². The van der Waals surface area contributed by atoms with Crippen molar-refractivity contribution in [3.8, 4) is 11.5 Å². The number of nitrogens with zero attached hydrogens (tertiary/aromatic N) is 1.